The molecule has 0 radical (unpaired) electrons. The van der Waals surface area contributed by atoms with Gasteiger partial charge in [-0.25, -0.2) is 8.78 Å². The number of ether oxygens (including phenoxy) is 1. The Labute approximate surface area is 150 Å². The van der Waals surface area contributed by atoms with E-state index in [1.807, 2.05) is 7.05 Å². The van der Waals surface area contributed by atoms with Gasteiger partial charge in [-0.15, -0.1) is 0 Å². The van der Waals surface area contributed by atoms with E-state index in [1.165, 1.54) is 0 Å². The van der Waals surface area contributed by atoms with Crippen LogP contribution in [-0.2, 0) is 14.3 Å². The summed E-state index contributed by atoms with van der Waals surface area (Å²) in [5, 5.41) is 5.64. The van der Waals surface area contributed by atoms with Crippen LogP contribution in [0.2, 0.25) is 0 Å². The van der Waals surface area contributed by atoms with E-state index in [2.05, 4.69) is 15.5 Å². The number of likely N-dealkylation sites (tertiary alicyclic amines) is 1. The Bertz CT molecular complexity index is 613. The topological polar surface area (TPSA) is 70.7 Å². The predicted octanol–water partition coefficient (Wildman–Crippen LogP) is 0.533. The first-order chi connectivity index (χ1) is 12.5. The third-order valence-electron chi connectivity index (χ3n) is 5.18. The van der Waals surface area contributed by atoms with Gasteiger partial charge in [0.2, 0.25) is 11.8 Å². The maximum Gasteiger partial charge on any atom is 0.231 e. The zero-order valence-electron chi connectivity index (χ0n) is 14.6. The van der Waals surface area contributed by atoms with E-state index in [-0.39, 0.29) is 23.7 Å². The van der Waals surface area contributed by atoms with E-state index < -0.39 is 11.6 Å². The van der Waals surface area contributed by atoms with Crippen molar-refractivity contribution in [1.82, 2.24) is 15.5 Å². The molecule has 6 nitrogen and oxygen atoms in total. The van der Waals surface area contributed by atoms with Gasteiger partial charge < -0.3 is 10.1 Å². The minimum Gasteiger partial charge on any atom is -0.378 e. The van der Waals surface area contributed by atoms with Crippen LogP contribution in [0, 0.1) is 23.5 Å². The second-order valence-corrected chi connectivity index (χ2v) is 6.87. The number of benzene rings is 1. The summed E-state index contributed by atoms with van der Waals surface area (Å²) in [5.74, 6) is -1.32. The molecule has 142 valence electrons. The number of imide groups is 1. The average molecular weight is 367 g/mol. The molecule has 3 heterocycles. The number of nitrogens with zero attached hydrogens (tertiary/aromatic N) is 1. The first-order valence-corrected chi connectivity index (χ1v) is 8.72. The summed E-state index contributed by atoms with van der Waals surface area (Å²) in [6.45, 7) is 2.82. The number of fused-ring (bicyclic) bond motifs is 1. The summed E-state index contributed by atoms with van der Waals surface area (Å²) in [6.07, 6.45) is 1.02. The van der Waals surface area contributed by atoms with Crippen molar-refractivity contribution in [3.63, 3.8) is 0 Å². The molecule has 26 heavy (non-hydrogen) atoms. The zero-order valence-corrected chi connectivity index (χ0v) is 14.6. The average Bonchev–Trinajstić information content (AvgIpc) is 3.20. The van der Waals surface area contributed by atoms with Crippen LogP contribution >= 0.6 is 0 Å². The second-order valence-electron chi connectivity index (χ2n) is 6.87. The molecule has 0 aliphatic carbocycles. The first-order valence-electron chi connectivity index (χ1n) is 8.72. The van der Waals surface area contributed by atoms with Gasteiger partial charge in [0.1, 0.15) is 11.6 Å². The summed E-state index contributed by atoms with van der Waals surface area (Å²) in [7, 11) is 1.94. The van der Waals surface area contributed by atoms with Crippen molar-refractivity contribution in [3.05, 3.63) is 35.9 Å². The summed E-state index contributed by atoms with van der Waals surface area (Å²) in [4.78, 5) is 25.5. The van der Waals surface area contributed by atoms with Gasteiger partial charge in [0.25, 0.3) is 0 Å². The number of amides is 2. The van der Waals surface area contributed by atoms with Gasteiger partial charge in [-0.05, 0) is 37.7 Å². The fourth-order valence-electron chi connectivity index (χ4n) is 3.67. The summed E-state index contributed by atoms with van der Waals surface area (Å²) < 4.78 is 29.4. The number of rotatable bonds is 2. The molecule has 2 N–H and O–H groups in total. The lowest BCUT2D eigenvalue weighted by atomic mass is 10.00. The SMILES string of the molecule is CNC1COCC(N2CC3C(=O)NC(=O)C3C2)C1.Fc1ccc(F)cc1. The normalized spacial score (nSPS) is 31.2. The number of hydrogen-bond donors (Lipinski definition) is 2. The Kier molecular flexibility index (Phi) is 5.95. The van der Waals surface area contributed by atoms with Crippen LogP contribution < -0.4 is 10.6 Å². The lowest BCUT2D eigenvalue weighted by Gasteiger charge is -2.35. The van der Waals surface area contributed by atoms with Crippen molar-refractivity contribution in [2.75, 3.05) is 33.4 Å². The van der Waals surface area contributed by atoms with Crippen molar-refractivity contribution in [2.24, 2.45) is 11.8 Å². The number of likely N-dealkylation sites (N-methyl/N-ethyl adjacent to an activating group) is 1. The zero-order chi connectivity index (χ0) is 18.7. The van der Waals surface area contributed by atoms with Crippen LogP contribution in [0.15, 0.2) is 24.3 Å². The Morgan fingerprint density at radius 3 is 2.08 bits per heavy atom. The van der Waals surface area contributed by atoms with Gasteiger partial charge in [-0.1, -0.05) is 0 Å². The van der Waals surface area contributed by atoms with E-state index in [4.69, 9.17) is 4.74 Å². The lowest BCUT2D eigenvalue weighted by Crippen LogP contribution is -2.49. The Morgan fingerprint density at radius 1 is 1.04 bits per heavy atom. The fraction of sp³-hybridized carbons (Fsp3) is 0.556. The molecule has 3 fully saturated rings. The van der Waals surface area contributed by atoms with Crippen molar-refractivity contribution < 1.29 is 23.1 Å². The molecule has 3 aliphatic rings. The van der Waals surface area contributed by atoms with Gasteiger partial charge in [-0.2, -0.15) is 0 Å². The van der Waals surface area contributed by atoms with E-state index in [0.29, 0.717) is 31.8 Å². The van der Waals surface area contributed by atoms with Crippen LogP contribution in [0.5, 0.6) is 0 Å². The standard InChI is InChI=1S/C12H19N3O3.C6H4F2/c1-13-7-2-8(6-18-5-7)15-3-9-10(4-15)12(17)14-11(9)16;7-5-1-2-6(8)4-3-5/h7-10,13H,2-6H2,1H3,(H,14,16,17);1-4H. The van der Waals surface area contributed by atoms with E-state index in [0.717, 1.165) is 37.3 Å². The molecule has 0 bridgehead atoms. The molecule has 4 rings (SSSR count). The number of halogens is 2. The quantitative estimate of drug-likeness (QED) is 0.747. The van der Waals surface area contributed by atoms with Gasteiger partial charge in [0.15, 0.2) is 0 Å². The summed E-state index contributed by atoms with van der Waals surface area (Å²) in [6, 6.07) is 5.01. The largest absolute Gasteiger partial charge is 0.378 e. The van der Waals surface area contributed by atoms with Crippen LogP contribution in [0.25, 0.3) is 0 Å². The van der Waals surface area contributed by atoms with Gasteiger partial charge in [0, 0.05) is 25.2 Å². The smallest absolute Gasteiger partial charge is 0.231 e. The van der Waals surface area contributed by atoms with Crippen molar-refractivity contribution in [3.8, 4) is 0 Å². The Hall–Kier alpha value is -1.90. The second kappa shape index (κ2) is 8.20. The van der Waals surface area contributed by atoms with Gasteiger partial charge >= 0.3 is 0 Å². The van der Waals surface area contributed by atoms with Crippen molar-refractivity contribution >= 4 is 11.8 Å². The summed E-state index contributed by atoms with van der Waals surface area (Å²) >= 11 is 0. The number of carbonyl (C=O) groups is 2. The maximum absolute atomic E-state index is 11.9. The molecule has 4 unspecified atom stereocenters. The molecule has 2 amide bonds. The molecule has 3 saturated heterocycles. The minimum absolute atomic E-state index is 0.102. The Morgan fingerprint density at radius 2 is 1.58 bits per heavy atom. The van der Waals surface area contributed by atoms with Crippen molar-refractivity contribution in [1.29, 1.82) is 0 Å². The van der Waals surface area contributed by atoms with Crippen LogP contribution in [0.3, 0.4) is 0 Å². The highest BCUT2D eigenvalue weighted by atomic mass is 19.1. The molecular weight excluding hydrogens is 344 g/mol. The molecule has 1 aromatic rings. The highest BCUT2D eigenvalue weighted by molar-refractivity contribution is 6.05. The van der Waals surface area contributed by atoms with E-state index in [9.17, 15) is 18.4 Å². The van der Waals surface area contributed by atoms with E-state index in [1.54, 1.807) is 0 Å². The van der Waals surface area contributed by atoms with Crippen LogP contribution in [0.1, 0.15) is 6.42 Å². The van der Waals surface area contributed by atoms with Crippen LogP contribution in [0.4, 0.5) is 8.78 Å². The Balaban J connectivity index is 0.000000206. The molecule has 0 aromatic heterocycles. The predicted molar refractivity (Wildman–Crippen MR) is 90.1 cm³/mol. The third kappa shape index (κ3) is 4.25. The third-order valence-corrected chi connectivity index (χ3v) is 5.18. The summed E-state index contributed by atoms with van der Waals surface area (Å²) in [5.41, 5.74) is 0. The van der Waals surface area contributed by atoms with Gasteiger partial charge in [-0.3, -0.25) is 19.8 Å². The van der Waals surface area contributed by atoms with E-state index >= 15 is 0 Å². The first kappa shape index (κ1) is 18.9. The molecule has 4 atom stereocenters. The molecule has 0 spiro atoms. The fourth-order valence-corrected chi connectivity index (χ4v) is 3.67. The minimum atomic E-state index is -0.411. The van der Waals surface area contributed by atoms with Crippen molar-refractivity contribution in [2.45, 2.75) is 18.5 Å². The lowest BCUT2D eigenvalue weighted by molar-refractivity contribution is -0.127. The molecule has 1 aromatic carbocycles. The number of nitrogens with one attached hydrogen (secondary N) is 2. The molecule has 0 saturated carbocycles. The number of carbonyl (C=O) groups excluding carboxylic acids is 2. The number of hydrogen-bond acceptors (Lipinski definition) is 5. The maximum atomic E-state index is 11.9. The highest BCUT2D eigenvalue weighted by Crippen LogP contribution is 2.31. The monoisotopic (exact) mass is 367 g/mol. The highest BCUT2D eigenvalue weighted by Gasteiger charge is 2.49. The molecular formula is C18H23F2N3O3. The molecule has 3 aliphatic heterocycles. The molecule has 8 heteroatoms. The van der Waals surface area contributed by atoms with Crippen LogP contribution in [-0.4, -0.2) is 62.1 Å². The van der Waals surface area contributed by atoms with Gasteiger partial charge in [0.05, 0.1) is 25.0 Å².